The third kappa shape index (κ3) is 3.47. The molecule has 0 bridgehead atoms. The van der Waals surface area contributed by atoms with Gasteiger partial charge in [-0.3, -0.25) is 0 Å². The zero-order valence-electron chi connectivity index (χ0n) is 12.1. The van der Waals surface area contributed by atoms with Crippen LogP contribution in [0.5, 0.6) is 0 Å². The van der Waals surface area contributed by atoms with Crippen LogP contribution in [0.15, 0.2) is 0 Å². The van der Waals surface area contributed by atoms with Gasteiger partial charge in [0.25, 0.3) is 3.68 Å². The smallest absolute Gasteiger partial charge is 0.218 e. The van der Waals surface area contributed by atoms with Crippen molar-refractivity contribution in [3.8, 4) is 0 Å². The van der Waals surface area contributed by atoms with Crippen molar-refractivity contribution in [3.63, 3.8) is 0 Å². The van der Waals surface area contributed by atoms with Crippen LogP contribution in [0.4, 0.5) is 83.4 Å². The van der Waals surface area contributed by atoms with E-state index in [9.17, 15) is 83.4 Å². The van der Waals surface area contributed by atoms with Gasteiger partial charge in [-0.2, -0.15) is 79.0 Å². The fourth-order valence-electron chi connectivity index (χ4n) is 1.34. The minimum Gasteiger partial charge on any atom is -0.218 e. The summed E-state index contributed by atoms with van der Waals surface area (Å²) in [5, 5.41) is 0. The first-order valence-electron chi connectivity index (χ1n) is 5.78. The van der Waals surface area contributed by atoms with Gasteiger partial charge in [-0.05, 0) is 22.6 Å². The van der Waals surface area contributed by atoms with Gasteiger partial charge in [0.15, 0.2) is 0 Å². The molecular weight excluding hydrogens is 596 g/mol. The predicted octanol–water partition coefficient (Wildman–Crippen LogP) is 7.02. The van der Waals surface area contributed by atoms with Crippen molar-refractivity contribution in [1.29, 1.82) is 0 Å². The van der Waals surface area contributed by atoms with E-state index in [-0.39, 0.29) is 0 Å². The molecule has 0 heterocycles. The summed E-state index contributed by atoms with van der Waals surface area (Å²) >= 11 is -1.68. The molecule has 0 aliphatic heterocycles. The Hall–Kier alpha value is -0.600. The van der Waals surface area contributed by atoms with E-state index in [1.165, 1.54) is 0 Å². The zero-order chi connectivity index (χ0) is 24.5. The molecule has 20 heteroatoms. The Bertz CT molecular complexity index is 554. The Morgan fingerprint density at radius 2 is 0.448 bits per heavy atom. The Kier molecular flexibility index (Phi) is 6.56. The predicted molar refractivity (Wildman–Crippen MR) is 59.7 cm³/mol. The number of alkyl halides is 20. The first-order chi connectivity index (χ1) is 12.0. The first kappa shape index (κ1) is 28.4. The summed E-state index contributed by atoms with van der Waals surface area (Å²) in [4.78, 5) is 0. The Labute approximate surface area is 158 Å². The van der Waals surface area contributed by atoms with E-state index in [0.29, 0.717) is 0 Å². The highest BCUT2D eigenvalue weighted by molar-refractivity contribution is 14.1. The molecule has 0 aromatic carbocycles. The summed E-state index contributed by atoms with van der Waals surface area (Å²) < 4.78 is 232. The standard InChI is InChI=1S/C9F19I/c10-1(11,5(18,19)8(23,24)25)3(14,15)7(22,29)4(16,17)2(12,13)6(20,21)9(26,27)28. The molecule has 0 nitrogen and oxygen atoms in total. The largest absolute Gasteiger partial charge is 0.460 e. The molecule has 0 aliphatic rings. The van der Waals surface area contributed by atoms with Crippen LogP contribution in [-0.2, 0) is 0 Å². The van der Waals surface area contributed by atoms with E-state index in [1.54, 1.807) is 0 Å². The molecule has 0 atom stereocenters. The molecule has 29 heavy (non-hydrogen) atoms. The highest BCUT2D eigenvalue weighted by Gasteiger charge is 2.95. The molecular formula is C9F19I. The monoisotopic (exact) mass is 596 g/mol. The molecule has 0 spiro atoms. The minimum absolute atomic E-state index is 1.68. The second kappa shape index (κ2) is 6.70. The maximum atomic E-state index is 13.6. The van der Waals surface area contributed by atoms with Crippen molar-refractivity contribution < 1.29 is 83.4 Å². The molecule has 0 amide bonds. The second-order valence-electron chi connectivity index (χ2n) is 5.02. The molecule has 0 aromatic heterocycles. The number of hydrogen-bond acceptors (Lipinski definition) is 0. The lowest BCUT2D eigenvalue weighted by molar-refractivity contribution is -0.438. The molecule has 0 N–H and O–H groups in total. The molecule has 0 rings (SSSR count). The fourth-order valence-corrected chi connectivity index (χ4v) is 2.02. The number of hydrogen-bond donors (Lipinski definition) is 0. The van der Waals surface area contributed by atoms with Crippen molar-refractivity contribution >= 4 is 22.6 Å². The topological polar surface area (TPSA) is 0 Å². The summed E-state index contributed by atoms with van der Waals surface area (Å²) in [5.74, 6) is -49.6. The van der Waals surface area contributed by atoms with Gasteiger partial charge in [0.1, 0.15) is 0 Å². The van der Waals surface area contributed by atoms with Gasteiger partial charge in [0, 0.05) is 0 Å². The second-order valence-corrected chi connectivity index (χ2v) is 6.50. The van der Waals surface area contributed by atoms with Crippen LogP contribution in [0.3, 0.4) is 0 Å². The lowest BCUT2D eigenvalue weighted by atomic mass is 9.90. The lowest BCUT2D eigenvalue weighted by Gasteiger charge is -2.44. The van der Waals surface area contributed by atoms with Gasteiger partial charge in [0.2, 0.25) is 0 Å². The molecule has 176 valence electrons. The SMILES string of the molecule is FC(F)(F)C(F)(F)C(F)(F)C(F)(F)C(F)(I)C(F)(F)C(F)(F)C(F)(F)C(F)(F)F. The van der Waals surface area contributed by atoms with Crippen molar-refractivity contribution in [2.45, 2.75) is 51.6 Å². The van der Waals surface area contributed by atoms with E-state index in [4.69, 9.17) is 0 Å². The van der Waals surface area contributed by atoms with Gasteiger partial charge in [-0.15, -0.1) is 0 Å². The van der Waals surface area contributed by atoms with Crippen LogP contribution in [0.25, 0.3) is 0 Å². The van der Waals surface area contributed by atoms with E-state index in [2.05, 4.69) is 0 Å². The normalized spacial score (nSPS) is 17.0. The first-order valence-corrected chi connectivity index (χ1v) is 6.86. The third-order valence-corrected chi connectivity index (χ3v) is 4.43. The van der Waals surface area contributed by atoms with Crippen molar-refractivity contribution in [3.05, 3.63) is 0 Å². The molecule has 0 aliphatic carbocycles. The minimum atomic E-state index is -8.37. The summed E-state index contributed by atoms with van der Waals surface area (Å²) in [6.45, 7) is 0. The summed E-state index contributed by atoms with van der Waals surface area (Å²) in [6, 6.07) is 0. The summed E-state index contributed by atoms with van der Waals surface area (Å²) in [6.07, 6.45) is -15.5. The summed E-state index contributed by atoms with van der Waals surface area (Å²) in [5.41, 5.74) is 0. The van der Waals surface area contributed by atoms with Crippen LogP contribution >= 0.6 is 22.6 Å². The van der Waals surface area contributed by atoms with Gasteiger partial charge in [-0.25, -0.2) is 4.39 Å². The molecule has 0 radical (unpaired) electrons. The van der Waals surface area contributed by atoms with Crippen LogP contribution in [0.2, 0.25) is 0 Å². The third-order valence-electron chi connectivity index (χ3n) is 3.08. The zero-order valence-corrected chi connectivity index (χ0v) is 14.2. The highest BCUT2D eigenvalue weighted by atomic mass is 127. The van der Waals surface area contributed by atoms with E-state index >= 15 is 0 Å². The van der Waals surface area contributed by atoms with Crippen molar-refractivity contribution in [1.82, 2.24) is 0 Å². The van der Waals surface area contributed by atoms with Gasteiger partial charge >= 0.3 is 47.9 Å². The van der Waals surface area contributed by atoms with Crippen LogP contribution in [0.1, 0.15) is 0 Å². The molecule has 0 saturated heterocycles. The van der Waals surface area contributed by atoms with Crippen LogP contribution < -0.4 is 0 Å². The molecule has 0 saturated carbocycles. The van der Waals surface area contributed by atoms with E-state index in [1.807, 2.05) is 0 Å². The lowest BCUT2D eigenvalue weighted by Crippen LogP contribution is -2.74. The van der Waals surface area contributed by atoms with Gasteiger partial charge in [-0.1, -0.05) is 0 Å². The average Bonchev–Trinajstić information content (AvgIpc) is 2.43. The molecule has 0 unspecified atom stereocenters. The highest BCUT2D eigenvalue weighted by Crippen LogP contribution is 2.66. The van der Waals surface area contributed by atoms with Crippen molar-refractivity contribution in [2.24, 2.45) is 0 Å². The van der Waals surface area contributed by atoms with Crippen LogP contribution in [0, 0.1) is 0 Å². The quantitative estimate of drug-likeness (QED) is 0.176. The molecule has 0 aromatic rings. The maximum Gasteiger partial charge on any atom is 0.460 e. The average molecular weight is 596 g/mol. The van der Waals surface area contributed by atoms with E-state index < -0.39 is 74.2 Å². The Balaban J connectivity index is 6.82. The van der Waals surface area contributed by atoms with Crippen molar-refractivity contribution in [2.75, 3.05) is 0 Å². The van der Waals surface area contributed by atoms with E-state index in [0.717, 1.165) is 0 Å². The van der Waals surface area contributed by atoms with Gasteiger partial charge in [0.05, 0.1) is 0 Å². The number of rotatable bonds is 6. The Morgan fingerprint density at radius 1 is 0.276 bits per heavy atom. The van der Waals surface area contributed by atoms with Crippen LogP contribution in [-0.4, -0.2) is 51.6 Å². The molecule has 0 fully saturated rings. The maximum absolute atomic E-state index is 13.6. The van der Waals surface area contributed by atoms with Gasteiger partial charge < -0.3 is 0 Å². The fraction of sp³-hybridized carbons (Fsp3) is 1.00. The summed E-state index contributed by atoms with van der Waals surface area (Å²) in [7, 11) is 0. The number of halogens is 20. The Morgan fingerprint density at radius 3 is 0.586 bits per heavy atom.